The summed E-state index contributed by atoms with van der Waals surface area (Å²) in [6.07, 6.45) is 1.08. The Morgan fingerprint density at radius 2 is 1.62 bits per heavy atom. The van der Waals surface area contributed by atoms with Crippen molar-refractivity contribution in [2.24, 2.45) is 0 Å². The molecule has 0 saturated carbocycles. The summed E-state index contributed by atoms with van der Waals surface area (Å²) < 4.78 is 32.3. The number of sulfonamides is 1. The summed E-state index contributed by atoms with van der Waals surface area (Å²) in [4.78, 5) is 81.6. The lowest BCUT2D eigenvalue weighted by atomic mass is 10.0. The van der Waals surface area contributed by atoms with Crippen molar-refractivity contribution in [1.29, 1.82) is 0 Å². The van der Waals surface area contributed by atoms with Crippen LogP contribution in [0.25, 0.3) is 16.6 Å². The Balaban J connectivity index is 1.30. The molecule has 4 N–H and O–H groups in total. The van der Waals surface area contributed by atoms with E-state index in [-0.39, 0.29) is 58.2 Å². The number of halogens is 1. The normalized spacial score (nSPS) is 13.9. The number of ether oxygens (including phenoxy) is 1. The van der Waals surface area contributed by atoms with E-state index >= 15 is 0 Å². The maximum atomic E-state index is 14.2. The van der Waals surface area contributed by atoms with Gasteiger partial charge in [0.05, 0.1) is 23.1 Å². The maximum Gasteiger partial charge on any atom is 0.419 e. The second-order valence-corrected chi connectivity index (χ2v) is 16.2. The number of tetrazole rings is 1. The number of carbonyl (C=O) groups is 6. The van der Waals surface area contributed by atoms with Crippen LogP contribution in [0, 0.1) is 0 Å². The topological polar surface area (TPSA) is 257 Å². The van der Waals surface area contributed by atoms with Gasteiger partial charge in [0.2, 0.25) is 15.9 Å². The lowest BCUT2D eigenvalue weighted by molar-refractivity contribution is -0.149. The number of urea groups is 1. The number of nitrogens with zero attached hydrogens (tertiary/aromatic N) is 7. The summed E-state index contributed by atoms with van der Waals surface area (Å²) in [5.74, 6) is -4.09. The number of amides is 5. The Bertz CT molecular complexity index is 2570. The molecule has 3 heterocycles. The standard InChI is InChI=1S/C36H35ClN10O10S/c1-36(2,3)57-35(54)47-25-12-10-24(16-21(25)17-29(47)33(51)52)39-30(48)28(15-20-5-8-23(9-6-20)40-34(53)41-58(4,55)56)45-14-13-44(31(49)32(45)50)27-18-22(37)7-11-26(27)46-19-38-42-43-46/h5-12,16-19,28H,13-15H2,1-4H3,(H,39,48)(H,51,52)(H2,40,41,53). The highest BCUT2D eigenvalue weighted by Crippen LogP contribution is 2.31. The molecule has 22 heteroatoms. The molecule has 20 nitrogen and oxygen atoms in total. The van der Waals surface area contributed by atoms with Gasteiger partial charge in [-0.05, 0) is 91.4 Å². The molecular weight excluding hydrogens is 800 g/mol. The number of benzene rings is 3. The number of piperazine rings is 1. The second-order valence-electron chi connectivity index (χ2n) is 14.0. The molecule has 1 atom stereocenters. The number of carbonyl (C=O) groups excluding carboxylic acids is 5. The van der Waals surface area contributed by atoms with Crippen LogP contribution in [0.3, 0.4) is 0 Å². The molecule has 1 saturated heterocycles. The SMILES string of the molecule is CC(C)(C)OC(=O)n1c(C(=O)O)cc2cc(NC(=O)C(Cc3ccc(NC(=O)NS(C)(=O)=O)cc3)N3CCN(c4cc(Cl)ccc4-n4cnnn4)C(=O)C3=O)ccc21. The molecule has 0 radical (unpaired) electrons. The molecule has 2 aromatic heterocycles. The first kappa shape index (κ1) is 40.8. The number of carboxylic acids is 1. The largest absolute Gasteiger partial charge is 0.477 e. The van der Waals surface area contributed by atoms with Crippen molar-refractivity contribution in [3.05, 3.63) is 89.3 Å². The highest BCUT2D eigenvalue weighted by molar-refractivity contribution is 7.89. The van der Waals surface area contributed by atoms with Crippen molar-refractivity contribution < 1.29 is 47.0 Å². The molecule has 58 heavy (non-hydrogen) atoms. The lowest BCUT2D eigenvalue weighted by Gasteiger charge is -2.38. The molecule has 3 aromatic carbocycles. The number of hydrogen-bond donors (Lipinski definition) is 4. The number of fused-ring (bicyclic) bond motifs is 1. The van der Waals surface area contributed by atoms with Crippen molar-refractivity contribution in [2.45, 2.75) is 38.8 Å². The van der Waals surface area contributed by atoms with Gasteiger partial charge in [-0.25, -0.2) is 32.1 Å². The van der Waals surface area contributed by atoms with Crippen molar-refractivity contribution in [2.75, 3.05) is 34.9 Å². The number of nitrogens with one attached hydrogen (secondary N) is 3. The third kappa shape index (κ3) is 9.22. The summed E-state index contributed by atoms with van der Waals surface area (Å²) in [6, 6.07) is 13.9. The van der Waals surface area contributed by atoms with E-state index in [4.69, 9.17) is 16.3 Å². The van der Waals surface area contributed by atoms with Crippen molar-refractivity contribution in [3.63, 3.8) is 0 Å². The smallest absolute Gasteiger partial charge is 0.419 e. The van der Waals surface area contributed by atoms with Gasteiger partial charge in [-0.15, -0.1) is 5.10 Å². The monoisotopic (exact) mass is 834 g/mol. The van der Waals surface area contributed by atoms with Gasteiger partial charge in [0.25, 0.3) is 0 Å². The third-order valence-corrected chi connectivity index (χ3v) is 9.33. The summed E-state index contributed by atoms with van der Waals surface area (Å²) in [5, 5.41) is 26.7. The van der Waals surface area contributed by atoms with E-state index in [1.165, 1.54) is 58.4 Å². The average molecular weight is 835 g/mol. The molecule has 5 amide bonds. The number of rotatable bonds is 10. The van der Waals surface area contributed by atoms with Gasteiger partial charge in [0.1, 0.15) is 23.7 Å². The fourth-order valence-corrected chi connectivity index (χ4v) is 6.71. The van der Waals surface area contributed by atoms with Gasteiger partial charge in [0.15, 0.2) is 0 Å². The zero-order chi connectivity index (χ0) is 42.1. The van der Waals surface area contributed by atoms with Gasteiger partial charge in [0, 0.05) is 41.3 Å². The molecule has 6 rings (SSSR count). The van der Waals surface area contributed by atoms with E-state index in [1.807, 2.05) is 0 Å². The Hall–Kier alpha value is -6.87. The van der Waals surface area contributed by atoms with E-state index in [0.717, 1.165) is 15.7 Å². The fraction of sp³-hybridized carbons (Fsp3) is 0.250. The lowest BCUT2D eigenvalue weighted by Crippen LogP contribution is -2.60. The van der Waals surface area contributed by atoms with Crippen LogP contribution in [0.15, 0.2) is 73.1 Å². The molecular formula is C36H35ClN10O10S. The van der Waals surface area contributed by atoms with E-state index < -0.39 is 57.5 Å². The van der Waals surface area contributed by atoms with Gasteiger partial charge >= 0.3 is 29.9 Å². The minimum Gasteiger partial charge on any atom is -0.477 e. The predicted octanol–water partition coefficient (Wildman–Crippen LogP) is 3.26. The van der Waals surface area contributed by atoms with Crippen molar-refractivity contribution in [1.82, 2.24) is 34.4 Å². The first-order valence-corrected chi connectivity index (χ1v) is 19.5. The first-order chi connectivity index (χ1) is 27.3. The molecule has 0 aliphatic carbocycles. The number of anilines is 3. The zero-order valence-electron chi connectivity index (χ0n) is 31.2. The molecule has 1 aliphatic heterocycles. The van der Waals surface area contributed by atoms with Gasteiger partial charge in [-0.3, -0.25) is 14.4 Å². The van der Waals surface area contributed by atoms with Gasteiger partial charge in [-0.2, -0.15) is 4.68 Å². The average Bonchev–Trinajstić information content (AvgIpc) is 3.80. The minimum atomic E-state index is -3.83. The Morgan fingerprint density at radius 3 is 2.26 bits per heavy atom. The number of carboxylic acid groups (broad SMARTS) is 1. The van der Waals surface area contributed by atoms with Crippen LogP contribution in [0.5, 0.6) is 0 Å². The quantitative estimate of drug-likeness (QED) is 0.148. The van der Waals surface area contributed by atoms with Gasteiger partial charge in [-0.1, -0.05) is 23.7 Å². The molecule has 0 bridgehead atoms. The highest BCUT2D eigenvalue weighted by atomic mass is 35.5. The van der Waals surface area contributed by atoms with Crippen LogP contribution in [-0.2, 0) is 35.6 Å². The van der Waals surface area contributed by atoms with E-state index in [1.54, 1.807) is 49.8 Å². The van der Waals surface area contributed by atoms with Crippen molar-refractivity contribution in [3.8, 4) is 5.69 Å². The maximum absolute atomic E-state index is 14.2. The highest BCUT2D eigenvalue weighted by Gasteiger charge is 2.41. The summed E-state index contributed by atoms with van der Waals surface area (Å²) in [7, 11) is -3.83. The molecule has 5 aromatic rings. The molecule has 1 aliphatic rings. The second kappa shape index (κ2) is 15.9. The van der Waals surface area contributed by atoms with Crippen LogP contribution in [0.4, 0.5) is 26.7 Å². The van der Waals surface area contributed by atoms with Crippen molar-refractivity contribution >= 4 is 85.4 Å². The van der Waals surface area contributed by atoms with E-state index in [2.05, 4.69) is 26.2 Å². The number of aromatic carboxylic acids is 1. The van der Waals surface area contributed by atoms with Crippen LogP contribution < -0.4 is 20.3 Å². The number of aromatic nitrogens is 5. The van der Waals surface area contributed by atoms with Gasteiger partial charge < -0.3 is 30.3 Å². The Labute approximate surface area is 334 Å². The predicted molar refractivity (Wildman–Crippen MR) is 208 cm³/mol. The molecule has 302 valence electrons. The minimum absolute atomic E-state index is 0.0652. The molecule has 1 fully saturated rings. The molecule has 0 spiro atoms. The van der Waals surface area contributed by atoms with E-state index in [0.29, 0.717) is 11.3 Å². The molecule has 1 unspecified atom stereocenters. The zero-order valence-corrected chi connectivity index (χ0v) is 32.7. The van der Waals surface area contributed by atoms with Crippen LogP contribution in [0.1, 0.15) is 36.8 Å². The summed E-state index contributed by atoms with van der Waals surface area (Å²) in [5.41, 5.74) is 0.391. The Kier molecular flexibility index (Phi) is 11.2. The summed E-state index contributed by atoms with van der Waals surface area (Å²) in [6.45, 7) is 4.72. The first-order valence-electron chi connectivity index (χ1n) is 17.2. The number of hydrogen-bond acceptors (Lipinski definition) is 12. The van der Waals surface area contributed by atoms with Crippen LogP contribution in [-0.4, -0.2) is 110 Å². The Morgan fingerprint density at radius 1 is 0.914 bits per heavy atom. The third-order valence-electron chi connectivity index (χ3n) is 8.54. The van der Waals surface area contributed by atoms with Crippen LogP contribution in [0.2, 0.25) is 5.02 Å². The summed E-state index contributed by atoms with van der Waals surface area (Å²) >= 11 is 6.29. The van der Waals surface area contributed by atoms with Crippen LogP contribution >= 0.6 is 11.6 Å². The fourth-order valence-electron chi connectivity index (χ4n) is 6.15. The van der Waals surface area contributed by atoms with E-state index in [9.17, 15) is 42.3 Å².